The van der Waals surface area contributed by atoms with E-state index in [1.807, 2.05) is 12.1 Å². The van der Waals surface area contributed by atoms with Crippen molar-refractivity contribution in [3.63, 3.8) is 0 Å². The molecule has 1 aromatic rings. The van der Waals surface area contributed by atoms with E-state index < -0.39 is 0 Å². The highest BCUT2D eigenvalue weighted by Gasteiger charge is 2.06. The number of ether oxygens (including phenoxy) is 1. The lowest BCUT2D eigenvalue weighted by molar-refractivity contribution is 0.0600. The molecule has 124 valence electrons. The predicted molar refractivity (Wildman–Crippen MR) is 90.3 cm³/mol. The summed E-state index contributed by atoms with van der Waals surface area (Å²) in [7, 11) is 1.37. The van der Waals surface area contributed by atoms with Crippen molar-refractivity contribution in [3.05, 3.63) is 29.8 Å². The number of hydrogen-bond acceptors (Lipinski definition) is 4. The molecule has 0 aromatic heterocycles. The quantitative estimate of drug-likeness (QED) is 0.479. The number of methoxy groups -OCH3 is 1. The molecule has 0 aliphatic carbocycles. The van der Waals surface area contributed by atoms with Crippen LogP contribution in [0.2, 0.25) is 0 Å². The minimum Gasteiger partial charge on any atom is -0.465 e. The molecule has 1 rings (SSSR count). The lowest BCUT2D eigenvalue weighted by atomic mass is 10.1. The second-order valence-electron chi connectivity index (χ2n) is 5.66. The number of rotatable bonds is 11. The van der Waals surface area contributed by atoms with Crippen LogP contribution in [-0.2, 0) is 4.74 Å². The Hall–Kier alpha value is -1.55. The second-order valence-corrected chi connectivity index (χ2v) is 5.66. The summed E-state index contributed by atoms with van der Waals surface area (Å²) in [6, 6.07) is 7.08. The monoisotopic (exact) mass is 307 g/mol. The summed E-state index contributed by atoms with van der Waals surface area (Å²) in [5, 5.41) is 13.1. The Morgan fingerprint density at radius 3 is 2.41 bits per heavy atom. The number of anilines is 1. The summed E-state index contributed by atoms with van der Waals surface area (Å²) in [4.78, 5) is 11.3. The molecule has 0 amide bonds. The van der Waals surface area contributed by atoms with Gasteiger partial charge in [-0.15, -0.1) is 0 Å². The molecule has 0 saturated carbocycles. The smallest absolute Gasteiger partial charge is 0.337 e. The van der Waals surface area contributed by atoms with Crippen LogP contribution in [-0.4, -0.2) is 30.8 Å². The van der Waals surface area contributed by atoms with Gasteiger partial charge in [0.05, 0.1) is 18.8 Å². The summed E-state index contributed by atoms with van der Waals surface area (Å²) in [5.74, 6) is -0.338. The Balaban J connectivity index is 2.18. The normalized spacial score (nSPS) is 12.0. The van der Waals surface area contributed by atoms with Crippen LogP contribution in [0.15, 0.2) is 24.3 Å². The third-order valence-electron chi connectivity index (χ3n) is 3.74. The third-order valence-corrected chi connectivity index (χ3v) is 3.74. The first-order valence-electron chi connectivity index (χ1n) is 8.27. The highest BCUT2D eigenvalue weighted by atomic mass is 16.5. The van der Waals surface area contributed by atoms with Crippen LogP contribution in [0.5, 0.6) is 0 Å². The van der Waals surface area contributed by atoms with Crippen molar-refractivity contribution in [2.45, 2.75) is 58.0 Å². The minimum atomic E-state index is -0.338. The molecule has 0 radical (unpaired) electrons. The lowest BCUT2D eigenvalue weighted by Crippen LogP contribution is -2.19. The van der Waals surface area contributed by atoms with Crippen molar-refractivity contribution in [2.75, 3.05) is 19.0 Å². The largest absolute Gasteiger partial charge is 0.465 e. The minimum absolute atomic E-state index is 0.327. The average Bonchev–Trinajstić information content (AvgIpc) is 2.56. The van der Waals surface area contributed by atoms with Gasteiger partial charge in [0.15, 0.2) is 0 Å². The van der Waals surface area contributed by atoms with Crippen molar-refractivity contribution in [1.29, 1.82) is 0 Å². The Morgan fingerprint density at radius 1 is 1.14 bits per heavy atom. The summed E-state index contributed by atoms with van der Waals surface area (Å²) in [6.45, 7) is 2.75. The molecule has 0 saturated heterocycles. The Morgan fingerprint density at radius 2 is 1.77 bits per heavy atom. The number of benzene rings is 1. The van der Waals surface area contributed by atoms with Crippen molar-refractivity contribution in [1.82, 2.24) is 0 Å². The van der Waals surface area contributed by atoms with E-state index in [9.17, 15) is 9.90 Å². The standard InChI is InChI=1S/C18H29NO3/c1-3-4-5-6-7-8-9-17(20)14-19-16-12-10-15(11-13-16)18(21)22-2/h10-13,17,19-20H,3-9,14H2,1-2H3. The van der Waals surface area contributed by atoms with Crippen LogP contribution in [0.3, 0.4) is 0 Å². The number of esters is 1. The van der Waals surface area contributed by atoms with E-state index >= 15 is 0 Å². The summed E-state index contributed by atoms with van der Waals surface area (Å²) in [5.41, 5.74) is 1.43. The number of carbonyl (C=O) groups excluding carboxylic acids is 1. The molecular formula is C18H29NO3. The molecule has 22 heavy (non-hydrogen) atoms. The first kappa shape index (κ1) is 18.5. The van der Waals surface area contributed by atoms with Gasteiger partial charge in [-0.3, -0.25) is 0 Å². The van der Waals surface area contributed by atoms with Gasteiger partial charge in [-0.25, -0.2) is 4.79 Å². The van der Waals surface area contributed by atoms with Gasteiger partial charge in [-0.1, -0.05) is 45.4 Å². The molecule has 1 unspecified atom stereocenters. The molecule has 1 aromatic carbocycles. The fourth-order valence-corrected chi connectivity index (χ4v) is 2.34. The SMILES string of the molecule is CCCCCCCCC(O)CNc1ccc(C(=O)OC)cc1. The van der Waals surface area contributed by atoms with Crippen LogP contribution in [0.4, 0.5) is 5.69 Å². The molecule has 4 heteroatoms. The van der Waals surface area contributed by atoms with Crippen molar-refractivity contribution >= 4 is 11.7 Å². The van der Waals surface area contributed by atoms with E-state index in [-0.39, 0.29) is 12.1 Å². The molecule has 0 heterocycles. The van der Waals surface area contributed by atoms with Gasteiger partial charge in [0, 0.05) is 12.2 Å². The zero-order valence-corrected chi connectivity index (χ0v) is 13.8. The summed E-state index contributed by atoms with van der Waals surface area (Å²) < 4.78 is 4.65. The number of nitrogens with one attached hydrogen (secondary N) is 1. The van der Waals surface area contributed by atoms with Crippen molar-refractivity contribution in [2.24, 2.45) is 0 Å². The number of unbranched alkanes of at least 4 members (excludes halogenated alkanes) is 5. The van der Waals surface area contributed by atoms with E-state index in [0.29, 0.717) is 12.1 Å². The Kier molecular flexibility index (Phi) is 9.31. The van der Waals surface area contributed by atoms with Gasteiger partial charge in [-0.05, 0) is 30.7 Å². The molecule has 0 spiro atoms. The summed E-state index contributed by atoms with van der Waals surface area (Å²) >= 11 is 0. The zero-order valence-electron chi connectivity index (χ0n) is 13.8. The highest BCUT2D eigenvalue weighted by molar-refractivity contribution is 5.89. The van der Waals surface area contributed by atoms with E-state index in [4.69, 9.17) is 0 Å². The van der Waals surface area contributed by atoms with Crippen LogP contribution < -0.4 is 5.32 Å². The zero-order chi connectivity index (χ0) is 16.2. The number of carbonyl (C=O) groups is 1. The average molecular weight is 307 g/mol. The summed E-state index contributed by atoms with van der Waals surface area (Å²) in [6.07, 6.45) is 7.93. The van der Waals surface area contributed by atoms with E-state index in [1.54, 1.807) is 12.1 Å². The Labute approximate surface area is 133 Å². The fourth-order valence-electron chi connectivity index (χ4n) is 2.34. The molecular weight excluding hydrogens is 278 g/mol. The number of aliphatic hydroxyl groups excluding tert-OH is 1. The third kappa shape index (κ3) is 7.46. The van der Waals surface area contributed by atoms with Crippen LogP contribution in [0.1, 0.15) is 62.2 Å². The first-order valence-corrected chi connectivity index (χ1v) is 8.27. The topological polar surface area (TPSA) is 58.6 Å². The molecule has 2 N–H and O–H groups in total. The first-order chi connectivity index (χ1) is 10.7. The van der Waals surface area contributed by atoms with Gasteiger partial charge >= 0.3 is 5.97 Å². The maximum atomic E-state index is 11.3. The van der Waals surface area contributed by atoms with Gasteiger partial charge in [0.25, 0.3) is 0 Å². The van der Waals surface area contributed by atoms with E-state index in [0.717, 1.165) is 18.5 Å². The Bertz CT molecular complexity index is 417. The lowest BCUT2D eigenvalue weighted by Gasteiger charge is -2.13. The highest BCUT2D eigenvalue weighted by Crippen LogP contribution is 2.12. The van der Waals surface area contributed by atoms with Crippen molar-refractivity contribution < 1.29 is 14.6 Å². The maximum absolute atomic E-state index is 11.3. The molecule has 4 nitrogen and oxygen atoms in total. The second kappa shape index (κ2) is 11.1. The molecule has 0 aliphatic heterocycles. The van der Waals surface area contributed by atoms with Gasteiger partial charge < -0.3 is 15.2 Å². The molecule has 0 bridgehead atoms. The number of hydrogen-bond donors (Lipinski definition) is 2. The molecule has 1 atom stereocenters. The van der Waals surface area contributed by atoms with E-state index in [1.165, 1.54) is 39.2 Å². The van der Waals surface area contributed by atoms with Gasteiger partial charge in [0.1, 0.15) is 0 Å². The predicted octanol–water partition coefficient (Wildman–Crippen LogP) is 4.00. The maximum Gasteiger partial charge on any atom is 0.337 e. The van der Waals surface area contributed by atoms with Crippen LogP contribution >= 0.6 is 0 Å². The van der Waals surface area contributed by atoms with Gasteiger partial charge in [-0.2, -0.15) is 0 Å². The van der Waals surface area contributed by atoms with Crippen LogP contribution in [0.25, 0.3) is 0 Å². The van der Waals surface area contributed by atoms with Gasteiger partial charge in [0.2, 0.25) is 0 Å². The van der Waals surface area contributed by atoms with Crippen LogP contribution in [0, 0.1) is 0 Å². The number of aliphatic hydroxyl groups is 1. The van der Waals surface area contributed by atoms with Crippen molar-refractivity contribution in [3.8, 4) is 0 Å². The fraction of sp³-hybridized carbons (Fsp3) is 0.611. The van der Waals surface area contributed by atoms with E-state index in [2.05, 4.69) is 17.0 Å². The molecule has 0 fully saturated rings. The molecule has 0 aliphatic rings.